The number of nitrogens with zero attached hydrogens (tertiary/aromatic N) is 2. The van der Waals surface area contributed by atoms with E-state index in [1.165, 1.54) is 6.92 Å². The number of benzene rings is 1. The van der Waals surface area contributed by atoms with Crippen LogP contribution in [0.4, 0.5) is 0 Å². The molecular weight excluding hydrogens is 336 g/mol. The van der Waals surface area contributed by atoms with Crippen LogP contribution in [0.5, 0.6) is 0 Å². The van der Waals surface area contributed by atoms with Crippen LogP contribution in [-0.2, 0) is 19.1 Å². The first kappa shape index (κ1) is 18.1. The number of ether oxygens (including phenoxy) is 1. The zero-order valence-electron chi connectivity index (χ0n) is 14.6. The average molecular weight is 358 g/mol. The molecule has 1 saturated heterocycles. The maximum absolute atomic E-state index is 12.8. The summed E-state index contributed by atoms with van der Waals surface area (Å²) < 4.78 is 5.42. The predicted molar refractivity (Wildman–Crippen MR) is 93.9 cm³/mol. The Kier molecular flexibility index (Phi) is 5.37. The van der Waals surface area contributed by atoms with E-state index in [1.54, 1.807) is 16.0 Å². The number of hydrogen-bond acceptors (Lipinski definition) is 4. The van der Waals surface area contributed by atoms with E-state index in [2.05, 4.69) is 0 Å². The van der Waals surface area contributed by atoms with Crippen LogP contribution in [-0.4, -0.2) is 58.5 Å². The predicted octanol–water partition coefficient (Wildman–Crippen LogP) is 1.65. The van der Waals surface area contributed by atoms with Crippen LogP contribution >= 0.6 is 0 Å². The van der Waals surface area contributed by atoms with Gasteiger partial charge in [-0.15, -0.1) is 0 Å². The van der Waals surface area contributed by atoms with E-state index in [-0.39, 0.29) is 37.2 Å². The number of aliphatic carboxylic acids is 1. The van der Waals surface area contributed by atoms with Crippen LogP contribution in [0.3, 0.4) is 0 Å². The van der Waals surface area contributed by atoms with Crippen molar-refractivity contribution in [1.82, 2.24) is 9.80 Å². The number of rotatable bonds is 4. The Hall–Kier alpha value is -2.67. The van der Waals surface area contributed by atoms with Gasteiger partial charge in [0.1, 0.15) is 0 Å². The minimum absolute atomic E-state index is 0.106. The molecule has 0 bridgehead atoms. The van der Waals surface area contributed by atoms with Gasteiger partial charge in [0.15, 0.2) is 0 Å². The summed E-state index contributed by atoms with van der Waals surface area (Å²) in [5.74, 6) is -1.18. The van der Waals surface area contributed by atoms with Gasteiger partial charge in [0.25, 0.3) is 0 Å². The van der Waals surface area contributed by atoms with Crippen LogP contribution in [0, 0.1) is 0 Å². The highest BCUT2D eigenvalue weighted by molar-refractivity contribution is 5.82. The van der Waals surface area contributed by atoms with E-state index in [9.17, 15) is 14.4 Å². The highest BCUT2D eigenvalue weighted by Gasteiger charge is 2.32. The molecule has 3 rings (SSSR count). The van der Waals surface area contributed by atoms with E-state index in [0.717, 1.165) is 11.1 Å². The number of carbonyl (C=O) groups excluding carboxylic acids is 2. The lowest BCUT2D eigenvalue weighted by Gasteiger charge is -2.36. The molecule has 0 aliphatic carbocycles. The molecule has 1 fully saturated rings. The highest BCUT2D eigenvalue weighted by Crippen LogP contribution is 2.33. The van der Waals surface area contributed by atoms with Crippen molar-refractivity contribution in [2.24, 2.45) is 0 Å². The molecule has 138 valence electrons. The molecule has 0 radical (unpaired) electrons. The molecule has 7 heteroatoms. The minimum atomic E-state index is -0.946. The summed E-state index contributed by atoms with van der Waals surface area (Å²) in [5.41, 5.74) is 1.93. The molecule has 26 heavy (non-hydrogen) atoms. The van der Waals surface area contributed by atoms with Crippen LogP contribution in [0.15, 0.2) is 30.5 Å². The first-order valence-corrected chi connectivity index (χ1v) is 8.63. The van der Waals surface area contributed by atoms with Gasteiger partial charge in [0, 0.05) is 26.2 Å². The van der Waals surface area contributed by atoms with Crippen molar-refractivity contribution in [1.29, 1.82) is 0 Å². The Morgan fingerprint density at radius 3 is 2.73 bits per heavy atom. The summed E-state index contributed by atoms with van der Waals surface area (Å²) in [6, 6.07) is 7.34. The monoisotopic (exact) mass is 358 g/mol. The van der Waals surface area contributed by atoms with E-state index >= 15 is 0 Å². The Morgan fingerprint density at radius 1 is 1.23 bits per heavy atom. The summed E-state index contributed by atoms with van der Waals surface area (Å²) in [7, 11) is 0. The van der Waals surface area contributed by atoms with Crippen LogP contribution in [0.25, 0.3) is 6.08 Å². The third kappa shape index (κ3) is 3.94. The quantitative estimate of drug-likeness (QED) is 0.884. The lowest BCUT2D eigenvalue weighted by molar-refractivity contribution is -0.148. The molecule has 0 unspecified atom stereocenters. The van der Waals surface area contributed by atoms with Gasteiger partial charge in [0.05, 0.1) is 31.6 Å². The molecular formula is C19H22N2O5. The SMILES string of the molecule is CC(=O)N1C=Cc2ccccc2[C@@H]1CC(=O)N1CCO[C@@H](CC(=O)O)C1. The van der Waals surface area contributed by atoms with Gasteiger partial charge in [-0.1, -0.05) is 24.3 Å². The maximum atomic E-state index is 12.8. The van der Waals surface area contributed by atoms with Crippen molar-refractivity contribution in [3.05, 3.63) is 41.6 Å². The smallest absolute Gasteiger partial charge is 0.306 e. The second-order valence-electron chi connectivity index (χ2n) is 6.52. The molecule has 2 aliphatic rings. The van der Waals surface area contributed by atoms with Gasteiger partial charge in [-0.2, -0.15) is 0 Å². The second-order valence-corrected chi connectivity index (χ2v) is 6.52. The fourth-order valence-corrected chi connectivity index (χ4v) is 3.47. The lowest BCUT2D eigenvalue weighted by Crippen LogP contribution is -2.47. The molecule has 2 atom stereocenters. The number of fused-ring (bicyclic) bond motifs is 1. The van der Waals surface area contributed by atoms with E-state index in [1.807, 2.05) is 30.3 Å². The Morgan fingerprint density at radius 2 is 2.00 bits per heavy atom. The summed E-state index contributed by atoms with van der Waals surface area (Å²) >= 11 is 0. The fraction of sp³-hybridized carbons (Fsp3) is 0.421. The zero-order chi connectivity index (χ0) is 18.7. The largest absolute Gasteiger partial charge is 0.481 e. The molecule has 0 saturated carbocycles. The standard InChI is InChI=1S/C19H22N2O5/c1-13(22)21-7-6-14-4-2-3-5-16(14)17(21)11-18(23)20-8-9-26-15(12-20)10-19(24)25/h2-7,15,17H,8-12H2,1H3,(H,24,25)/t15-,17-/m0/s1. The van der Waals surface area contributed by atoms with Gasteiger partial charge in [-0.3, -0.25) is 14.4 Å². The molecule has 1 aromatic carbocycles. The van der Waals surface area contributed by atoms with Crippen molar-refractivity contribution < 1.29 is 24.2 Å². The lowest BCUT2D eigenvalue weighted by atomic mass is 9.93. The summed E-state index contributed by atoms with van der Waals surface area (Å²) in [6.07, 6.45) is 3.12. The number of morpholine rings is 1. The first-order chi connectivity index (χ1) is 12.5. The third-order valence-corrected chi connectivity index (χ3v) is 4.73. The topological polar surface area (TPSA) is 87.2 Å². The molecule has 2 aliphatic heterocycles. The summed E-state index contributed by atoms with van der Waals surface area (Å²) in [6.45, 7) is 2.49. The van der Waals surface area contributed by atoms with Gasteiger partial charge in [0.2, 0.25) is 11.8 Å². The van der Waals surface area contributed by atoms with Gasteiger partial charge < -0.3 is 19.6 Å². The number of amides is 2. The molecule has 2 amide bonds. The molecule has 0 aromatic heterocycles. The first-order valence-electron chi connectivity index (χ1n) is 8.63. The number of carboxylic acid groups (broad SMARTS) is 1. The Labute approximate surface area is 151 Å². The summed E-state index contributed by atoms with van der Waals surface area (Å²) in [5, 5.41) is 8.92. The van der Waals surface area contributed by atoms with Crippen molar-refractivity contribution in [2.45, 2.75) is 31.9 Å². The van der Waals surface area contributed by atoms with Crippen molar-refractivity contribution >= 4 is 23.9 Å². The molecule has 1 aromatic rings. The number of carboxylic acids is 1. The summed E-state index contributed by atoms with van der Waals surface area (Å²) in [4.78, 5) is 38.9. The zero-order valence-corrected chi connectivity index (χ0v) is 14.6. The van der Waals surface area contributed by atoms with Gasteiger partial charge >= 0.3 is 5.97 Å². The molecule has 7 nitrogen and oxygen atoms in total. The molecule has 2 heterocycles. The molecule has 0 spiro atoms. The second kappa shape index (κ2) is 7.70. The van der Waals surface area contributed by atoms with Crippen LogP contribution in [0.1, 0.15) is 36.9 Å². The normalized spacial score (nSPS) is 22.0. The van der Waals surface area contributed by atoms with E-state index in [4.69, 9.17) is 9.84 Å². The average Bonchev–Trinajstić information content (AvgIpc) is 2.61. The Bertz CT molecular complexity index is 745. The van der Waals surface area contributed by atoms with Crippen LogP contribution in [0.2, 0.25) is 0 Å². The number of hydrogen-bond donors (Lipinski definition) is 1. The van der Waals surface area contributed by atoms with Gasteiger partial charge in [-0.25, -0.2) is 0 Å². The van der Waals surface area contributed by atoms with Gasteiger partial charge in [-0.05, 0) is 17.2 Å². The van der Waals surface area contributed by atoms with E-state index in [0.29, 0.717) is 13.2 Å². The van der Waals surface area contributed by atoms with Crippen molar-refractivity contribution in [3.8, 4) is 0 Å². The fourth-order valence-electron chi connectivity index (χ4n) is 3.47. The van der Waals surface area contributed by atoms with Crippen molar-refractivity contribution in [2.75, 3.05) is 19.7 Å². The maximum Gasteiger partial charge on any atom is 0.306 e. The Balaban J connectivity index is 1.75. The minimum Gasteiger partial charge on any atom is -0.481 e. The van der Waals surface area contributed by atoms with E-state index < -0.39 is 12.1 Å². The molecule has 1 N–H and O–H groups in total. The number of carbonyl (C=O) groups is 3. The highest BCUT2D eigenvalue weighted by atomic mass is 16.5. The van der Waals surface area contributed by atoms with Crippen LogP contribution < -0.4 is 0 Å². The third-order valence-electron chi connectivity index (χ3n) is 4.73. The van der Waals surface area contributed by atoms with Crippen molar-refractivity contribution in [3.63, 3.8) is 0 Å².